The molecule has 1 N–H and O–H groups in total. The minimum absolute atomic E-state index is 0.124. The predicted molar refractivity (Wildman–Crippen MR) is 80.0 cm³/mol. The number of amides is 1. The lowest BCUT2D eigenvalue weighted by atomic mass is 10.2. The van der Waals surface area contributed by atoms with Gasteiger partial charge in [-0.05, 0) is 48.0 Å². The molecular formula is C15H16BrNO3. The molecule has 1 aromatic heterocycles. The first-order chi connectivity index (χ1) is 9.56. The van der Waals surface area contributed by atoms with Crippen molar-refractivity contribution in [3.05, 3.63) is 52.4 Å². The Morgan fingerprint density at radius 1 is 1.35 bits per heavy atom. The fraction of sp³-hybridized carbons (Fsp3) is 0.267. The molecule has 0 spiro atoms. The highest BCUT2D eigenvalue weighted by molar-refractivity contribution is 9.10. The quantitative estimate of drug-likeness (QED) is 0.907. The van der Waals surface area contributed by atoms with Gasteiger partial charge in [0.05, 0.1) is 16.8 Å². The van der Waals surface area contributed by atoms with Crippen molar-refractivity contribution in [3.63, 3.8) is 0 Å². The van der Waals surface area contributed by atoms with Crippen molar-refractivity contribution in [2.75, 3.05) is 6.61 Å². The Morgan fingerprint density at radius 3 is 2.65 bits per heavy atom. The van der Waals surface area contributed by atoms with Gasteiger partial charge in [0.1, 0.15) is 12.4 Å². The average Bonchev–Trinajstić information content (AvgIpc) is 2.84. The Morgan fingerprint density at radius 2 is 2.05 bits per heavy atom. The topological polar surface area (TPSA) is 51.5 Å². The van der Waals surface area contributed by atoms with Gasteiger partial charge in [0.25, 0.3) is 5.91 Å². The van der Waals surface area contributed by atoms with Crippen molar-refractivity contribution in [1.29, 1.82) is 0 Å². The molecule has 0 aliphatic rings. The van der Waals surface area contributed by atoms with Crippen LogP contribution in [0.25, 0.3) is 0 Å². The summed E-state index contributed by atoms with van der Waals surface area (Å²) in [6, 6.07) is 9.35. The van der Waals surface area contributed by atoms with Crippen molar-refractivity contribution in [2.45, 2.75) is 19.9 Å². The number of carbonyl (C=O) groups is 1. The van der Waals surface area contributed by atoms with E-state index in [1.807, 2.05) is 38.1 Å². The third-order valence-corrected chi connectivity index (χ3v) is 3.35. The van der Waals surface area contributed by atoms with Crippen LogP contribution in [0.2, 0.25) is 0 Å². The van der Waals surface area contributed by atoms with Crippen LogP contribution < -0.4 is 10.1 Å². The molecule has 1 atom stereocenters. The van der Waals surface area contributed by atoms with Crippen molar-refractivity contribution in [3.8, 4) is 5.75 Å². The summed E-state index contributed by atoms with van der Waals surface area (Å²) >= 11 is 3.25. The Labute approximate surface area is 126 Å². The number of furan rings is 1. The molecule has 0 bridgehead atoms. The summed E-state index contributed by atoms with van der Waals surface area (Å²) in [5, 5.41) is 2.82. The summed E-state index contributed by atoms with van der Waals surface area (Å²) < 4.78 is 11.4. The number of nitrogens with one attached hydrogen (secondary N) is 1. The van der Waals surface area contributed by atoms with Gasteiger partial charge in [0.15, 0.2) is 0 Å². The van der Waals surface area contributed by atoms with Gasteiger partial charge < -0.3 is 14.5 Å². The molecule has 0 aliphatic heterocycles. The lowest BCUT2D eigenvalue weighted by Gasteiger charge is -2.14. The van der Waals surface area contributed by atoms with E-state index in [1.165, 1.54) is 11.8 Å². The van der Waals surface area contributed by atoms with Crippen LogP contribution in [0.3, 0.4) is 0 Å². The Balaban J connectivity index is 1.83. The SMILES string of the molecule is Cc1ccc(OCC(C)NC(=O)c2occc2Br)cc1. The molecule has 1 amide bonds. The highest BCUT2D eigenvalue weighted by Crippen LogP contribution is 2.17. The molecular weight excluding hydrogens is 322 g/mol. The van der Waals surface area contributed by atoms with Gasteiger partial charge in [0, 0.05) is 0 Å². The summed E-state index contributed by atoms with van der Waals surface area (Å²) in [6.07, 6.45) is 1.46. The first-order valence-electron chi connectivity index (χ1n) is 6.29. The molecule has 4 nitrogen and oxygen atoms in total. The van der Waals surface area contributed by atoms with E-state index in [9.17, 15) is 4.79 Å². The molecule has 0 aliphatic carbocycles. The number of rotatable bonds is 5. The minimum Gasteiger partial charge on any atom is -0.491 e. The van der Waals surface area contributed by atoms with Crippen molar-refractivity contribution < 1.29 is 13.9 Å². The third kappa shape index (κ3) is 3.87. The molecule has 0 fully saturated rings. The Hall–Kier alpha value is -1.75. The molecule has 0 saturated heterocycles. The van der Waals surface area contributed by atoms with Gasteiger partial charge in [-0.15, -0.1) is 0 Å². The van der Waals surface area contributed by atoms with E-state index in [-0.39, 0.29) is 17.7 Å². The zero-order valence-electron chi connectivity index (χ0n) is 11.4. The molecule has 20 heavy (non-hydrogen) atoms. The first kappa shape index (κ1) is 14.7. The van der Waals surface area contributed by atoms with E-state index >= 15 is 0 Å². The summed E-state index contributed by atoms with van der Waals surface area (Å²) in [7, 11) is 0. The maximum atomic E-state index is 11.9. The zero-order chi connectivity index (χ0) is 14.5. The van der Waals surface area contributed by atoms with E-state index < -0.39 is 0 Å². The molecule has 2 rings (SSSR count). The molecule has 0 saturated carbocycles. The number of aryl methyl sites for hydroxylation is 1. The standard InChI is InChI=1S/C15H16BrNO3/c1-10-3-5-12(6-4-10)20-9-11(2)17-15(18)14-13(16)7-8-19-14/h3-8,11H,9H2,1-2H3,(H,17,18). The number of halogens is 1. The Kier molecular flexibility index (Phi) is 4.84. The van der Waals surface area contributed by atoms with Crippen molar-refractivity contribution in [1.82, 2.24) is 5.32 Å². The van der Waals surface area contributed by atoms with Crippen LogP contribution in [0, 0.1) is 6.92 Å². The fourth-order valence-electron chi connectivity index (χ4n) is 1.64. The minimum atomic E-state index is -0.262. The number of benzene rings is 1. The maximum Gasteiger partial charge on any atom is 0.288 e. The number of ether oxygens (including phenoxy) is 1. The molecule has 5 heteroatoms. The monoisotopic (exact) mass is 337 g/mol. The second-order valence-electron chi connectivity index (χ2n) is 4.60. The third-order valence-electron chi connectivity index (χ3n) is 2.72. The van der Waals surface area contributed by atoms with E-state index in [2.05, 4.69) is 21.2 Å². The van der Waals surface area contributed by atoms with Crippen LogP contribution >= 0.6 is 15.9 Å². The van der Waals surface area contributed by atoms with E-state index in [0.717, 1.165) is 5.75 Å². The number of hydrogen-bond donors (Lipinski definition) is 1. The molecule has 2 aromatic rings. The van der Waals surface area contributed by atoms with E-state index in [1.54, 1.807) is 6.07 Å². The van der Waals surface area contributed by atoms with Crippen LogP contribution in [0.5, 0.6) is 5.75 Å². The highest BCUT2D eigenvalue weighted by Gasteiger charge is 2.16. The number of carbonyl (C=O) groups excluding carboxylic acids is 1. The van der Waals surface area contributed by atoms with E-state index in [0.29, 0.717) is 11.1 Å². The smallest absolute Gasteiger partial charge is 0.288 e. The van der Waals surface area contributed by atoms with Crippen LogP contribution in [-0.2, 0) is 0 Å². The van der Waals surface area contributed by atoms with Crippen LogP contribution in [-0.4, -0.2) is 18.6 Å². The first-order valence-corrected chi connectivity index (χ1v) is 7.09. The van der Waals surface area contributed by atoms with Gasteiger partial charge >= 0.3 is 0 Å². The van der Waals surface area contributed by atoms with Crippen LogP contribution in [0.15, 0.2) is 45.5 Å². The van der Waals surface area contributed by atoms with Gasteiger partial charge in [-0.1, -0.05) is 17.7 Å². The summed E-state index contributed by atoms with van der Waals surface area (Å²) in [5.41, 5.74) is 1.18. The molecule has 1 unspecified atom stereocenters. The largest absolute Gasteiger partial charge is 0.491 e. The second kappa shape index (κ2) is 6.61. The zero-order valence-corrected chi connectivity index (χ0v) is 12.9. The van der Waals surface area contributed by atoms with Gasteiger partial charge in [-0.25, -0.2) is 0 Å². The normalized spacial score (nSPS) is 11.9. The van der Waals surface area contributed by atoms with Gasteiger partial charge in [0.2, 0.25) is 5.76 Å². The number of hydrogen-bond acceptors (Lipinski definition) is 3. The van der Waals surface area contributed by atoms with Gasteiger partial charge in [-0.3, -0.25) is 4.79 Å². The van der Waals surface area contributed by atoms with Crippen LogP contribution in [0.1, 0.15) is 23.0 Å². The molecule has 1 aromatic carbocycles. The molecule has 1 heterocycles. The summed E-state index contributed by atoms with van der Waals surface area (Å²) in [6.45, 7) is 4.30. The Bertz CT molecular complexity index is 577. The van der Waals surface area contributed by atoms with Crippen molar-refractivity contribution >= 4 is 21.8 Å². The summed E-state index contributed by atoms with van der Waals surface area (Å²) in [4.78, 5) is 11.9. The second-order valence-corrected chi connectivity index (χ2v) is 5.45. The molecule has 106 valence electrons. The average molecular weight is 338 g/mol. The summed E-state index contributed by atoms with van der Waals surface area (Å²) in [5.74, 6) is 0.796. The van der Waals surface area contributed by atoms with Gasteiger partial charge in [-0.2, -0.15) is 0 Å². The maximum absolute atomic E-state index is 11.9. The molecule has 0 radical (unpaired) electrons. The lowest BCUT2D eigenvalue weighted by Crippen LogP contribution is -2.36. The van der Waals surface area contributed by atoms with Crippen LogP contribution in [0.4, 0.5) is 0 Å². The van der Waals surface area contributed by atoms with E-state index in [4.69, 9.17) is 9.15 Å². The lowest BCUT2D eigenvalue weighted by molar-refractivity contribution is 0.0897. The highest BCUT2D eigenvalue weighted by atomic mass is 79.9. The van der Waals surface area contributed by atoms with Crippen molar-refractivity contribution in [2.24, 2.45) is 0 Å². The predicted octanol–water partition coefficient (Wildman–Crippen LogP) is 3.55. The fourth-order valence-corrected chi connectivity index (χ4v) is 2.02.